The molecule has 2 heterocycles. The number of rotatable bonds is 5. The van der Waals surface area contributed by atoms with E-state index in [9.17, 15) is 0 Å². The quantitative estimate of drug-likeness (QED) is 0.796. The SMILES string of the molecule is CCN(CCC#N)Cc1cn2ccsc2n1. The number of hydrogen-bond acceptors (Lipinski definition) is 4. The number of nitrogens with zero attached hydrogens (tertiary/aromatic N) is 4. The second kappa shape index (κ2) is 5.10. The fraction of sp³-hybridized carbons (Fsp3) is 0.455. The van der Waals surface area contributed by atoms with E-state index in [1.807, 2.05) is 16.0 Å². The molecule has 16 heavy (non-hydrogen) atoms. The summed E-state index contributed by atoms with van der Waals surface area (Å²) in [6.07, 6.45) is 4.65. The van der Waals surface area contributed by atoms with Crippen LogP contribution in [0.5, 0.6) is 0 Å². The van der Waals surface area contributed by atoms with Crippen molar-refractivity contribution < 1.29 is 0 Å². The molecule has 4 nitrogen and oxygen atoms in total. The molecule has 0 aliphatic carbocycles. The molecule has 0 unspecified atom stereocenters. The van der Waals surface area contributed by atoms with E-state index in [0.29, 0.717) is 6.42 Å². The van der Waals surface area contributed by atoms with Crippen LogP contribution in [-0.4, -0.2) is 27.4 Å². The van der Waals surface area contributed by atoms with Gasteiger partial charge in [0.15, 0.2) is 4.96 Å². The zero-order valence-electron chi connectivity index (χ0n) is 9.26. The Morgan fingerprint density at radius 1 is 1.62 bits per heavy atom. The van der Waals surface area contributed by atoms with E-state index in [2.05, 4.69) is 29.1 Å². The van der Waals surface area contributed by atoms with Gasteiger partial charge in [-0.2, -0.15) is 5.26 Å². The molecule has 0 fully saturated rings. The van der Waals surface area contributed by atoms with E-state index in [0.717, 1.165) is 30.3 Å². The highest BCUT2D eigenvalue weighted by Gasteiger charge is 2.07. The van der Waals surface area contributed by atoms with E-state index in [4.69, 9.17) is 5.26 Å². The maximum absolute atomic E-state index is 8.56. The first kappa shape index (κ1) is 11.1. The van der Waals surface area contributed by atoms with Crippen molar-refractivity contribution in [2.75, 3.05) is 13.1 Å². The second-order valence-corrected chi connectivity index (χ2v) is 4.47. The van der Waals surface area contributed by atoms with Crippen LogP contribution in [0.4, 0.5) is 0 Å². The van der Waals surface area contributed by atoms with Crippen LogP contribution in [0.1, 0.15) is 19.0 Å². The summed E-state index contributed by atoms with van der Waals surface area (Å²) in [6, 6.07) is 2.17. The molecule has 0 radical (unpaired) electrons. The highest BCUT2D eigenvalue weighted by atomic mass is 32.1. The van der Waals surface area contributed by atoms with Crippen LogP contribution in [0.25, 0.3) is 4.96 Å². The van der Waals surface area contributed by atoms with Gasteiger partial charge in [0, 0.05) is 37.3 Å². The maximum atomic E-state index is 8.56. The lowest BCUT2D eigenvalue weighted by Gasteiger charge is -2.16. The highest BCUT2D eigenvalue weighted by Crippen LogP contribution is 2.12. The summed E-state index contributed by atoms with van der Waals surface area (Å²) in [5, 5.41) is 10.6. The van der Waals surface area contributed by atoms with Gasteiger partial charge >= 0.3 is 0 Å². The molecular weight excluding hydrogens is 220 g/mol. The number of fused-ring (bicyclic) bond motifs is 1. The molecule has 0 amide bonds. The Morgan fingerprint density at radius 3 is 3.19 bits per heavy atom. The summed E-state index contributed by atoms with van der Waals surface area (Å²) >= 11 is 1.64. The van der Waals surface area contributed by atoms with Gasteiger partial charge in [-0.1, -0.05) is 6.92 Å². The monoisotopic (exact) mass is 234 g/mol. The molecule has 0 aliphatic rings. The Kier molecular flexibility index (Phi) is 3.54. The largest absolute Gasteiger partial charge is 0.297 e. The van der Waals surface area contributed by atoms with E-state index < -0.39 is 0 Å². The molecule has 84 valence electrons. The van der Waals surface area contributed by atoms with Crippen molar-refractivity contribution in [1.82, 2.24) is 14.3 Å². The van der Waals surface area contributed by atoms with Gasteiger partial charge < -0.3 is 0 Å². The van der Waals surface area contributed by atoms with E-state index in [-0.39, 0.29) is 0 Å². The van der Waals surface area contributed by atoms with Gasteiger partial charge in [0.1, 0.15) is 0 Å². The van der Waals surface area contributed by atoms with Crippen LogP contribution in [0, 0.1) is 11.3 Å². The van der Waals surface area contributed by atoms with Gasteiger partial charge in [0.25, 0.3) is 0 Å². The molecule has 5 heteroatoms. The van der Waals surface area contributed by atoms with Gasteiger partial charge in [0.05, 0.1) is 11.8 Å². The van der Waals surface area contributed by atoms with Crippen molar-refractivity contribution in [2.45, 2.75) is 19.9 Å². The van der Waals surface area contributed by atoms with Crippen LogP contribution in [-0.2, 0) is 6.54 Å². The van der Waals surface area contributed by atoms with Crippen molar-refractivity contribution in [1.29, 1.82) is 5.26 Å². The van der Waals surface area contributed by atoms with Crippen LogP contribution in [0.3, 0.4) is 0 Å². The third-order valence-electron chi connectivity index (χ3n) is 2.52. The average molecular weight is 234 g/mol. The summed E-state index contributed by atoms with van der Waals surface area (Å²) in [7, 11) is 0. The minimum absolute atomic E-state index is 0.579. The van der Waals surface area contributed by atoms with Crippen molar-refractivity contribution in [3.05, 3.63) is 23.5 Å². The topological polar surface area (TPSA) is 44.3 Å². The predicted octanol–water partition coefficient (Wildman–Crippen LogP) is 2.13. The molecule has 2 aromatic heterocycles. The minimum atomic E-state index is 0.579. The van der Waals surface area contributed by atoms with Gasteiger partial charge in [0.2, 0.25) is 0 Å². The Hall–Kier alpha value is -1.38. The van der Waals surface area contributed by atoms with Crippen molar-refractivity contribution >= 4 is 16.3 Å². The van der Waals surface area contributed by atoms with E-state index in [1.165, 1.54) is 0 Å². The predicted molar refractivity (Wildman–Crippen MR) is 64.3 cm³/mol. The van der Waals surface area contributed by atoms with Crippen LogP contribution in [0.15, 0.2) is 17.8 Å². The lowest BCUT2D eigenvalue weighted by molar-refractivity contribution is 0.284. The molecule has 0 aromatic carbocycles. The van der Waals surface area contributed by atoms with Gasteiger partial charge in [-0.05, 0) is 6.54 Å². The minimum Gasteiger partial charge on any atom is -0.297 e. The molecule has 0 atom stereocenters. The first-order valence-corrected chi connectivity index (χ1v) is 6.22. The number of hydrogen-bond donors (Lipinski definition) is 0. The number of thiazole rings is 1. The third kappa shape index (κ3) is 2.40. The Balaban J connectivity index is 2.02. The number of aromatic nitrogens is 2. The zero-order chi connectivity index (χ0) is 11.4. The Bertz CT molecular complexity index is 465. The fourth-order valence-electron chi connectivity index (χ4n) is 1.64. The first-order chi connectivity index (χ1) is 7.83. The Morgan fingerprint density at radius 2 is 2.50 bits per heavy atom. The summed E-state index contributed by atoms with van der Waals surface area (Å²) in [5.74, 6) is 0. The van der Waals surface area contributed by atoms with Crippen LogP contribution >= 0.6 is 11.3 Å². The molecule has 2 aromatic rings. The van der Waals surface area contributed by atoms with E-state index in [1.54, 1.807) is 11.3 Å². The molecule has 0 saturated heterocycles. The molecule has 0 bridgehead atoms. The lowest BCUT2D eigenvalue weighted by Crippen LogP contribution is -2.23. The lowest BCUT2D eigenvalue weighted by atomic mass is 10.3. The molecule has 0 aliphatic heterocycles. The third-order valence-corrected chi connectivity index (χ3v) is 3.29. The van der Waals surface area contributed by atoms with Crippen molar-refractivity contribution in [2.24, 2.45) is 0 Å². The molecular formula is C11H14N4S. The highest BCUT2D eigenvalue weighted by molar-refractivity contribution is 7.15. The molecule has 0 spiro atoms. The first-order valence-electron chi connectivity index (χ1n) is 5.34. The van der Waals surface area contributed by atoms with Crippen LogP contribution in [0.2, 0.25) is 0 Å². The smallest absolute Gasteiger partial charge is 0.193 e. The van der Waals surface area contributed by atoms with Gasteiger partial charge in [-0.25, -0.2) is 4.98 Å². The average Bonchev–Trinajstić information content (AvgIpc) is 2.84. The molecule has 0 saturated carbocycles. The summed E-state index contributed by atoms with van der Waals surface area (Å²) in [4.78, 5) is 7.79. The summed E-state index contributed by atoms with van der Waals surface area (Å²) in [5.41, 5.74) is 1.08. The van der Waals surface area contributed by atoms with Gasteiger partial charge in [-0.3, -0.25) is 9.30 Å². The molecule has 0 N–H and O–H groups in total. The van der Waals surface area contributed by atoms with E-state index >= 15 is 0 Å². The number of imidazole rings is 1. The second-order valence-electron chi connectivity index (χ2n) is 3.60. The maximum Gasteiger partial charge on any atom is 0.193 e. The standard InChI is InChI=1S/C11H14N4S/c1-2-14(5-3-4-12)8-10-9-15-6-7-16-11(15)13-10/h6-7,9H,2-3,5,8H2,1H3. The Labute approximate surface area is 98.8 Å². The van der Waals surface area contributed by atoms with Crippen LogP contribution < -0.4 is 0 Å². The van der Waals surface area contributed by atoms with Crippen molar-refractivity contribution in [3.63, 3.8) is 0 Å². The fourth-order valence-corrected chi connectivity index (χ4v) is 2.36. The summed E-state index contributed by atoms with van der Waals surface area (Å²) in [6.45, 7) is 4.70. The zero-order valence-corrected chi connectivity index (χ0v) is 10.1. The number of nitriles is 1. The summed E-state index contributed by atoms with van der Waals surface area (Å²) < 4.78 is 2.04. The normalized spacial score (nSPS) is 11.1. The van der Waals surface area contributed by atoms with Crippen molar-refractivity contribution in [3.8, 4) is 6.07 Å². The molecule has 2 rings (SSSR count). The van der Waals surface area contributed by atoms with Gasteiger partial charge in [-0.15, -0.1) is 11.3 Å².